The monoisotopic (exact) mass is 438 g/mol. The van der Waals surface area contributed by atoms with Crippen molar-refractivity contribution < 1.29 is 9.59 Å². The third kappa shape index (κ3) is 6.16. The van der Waals surface area contributed by atoms with Crippen molar-refractivity contribution in [3.63, 3.8) is 0 Å². The first-order valence-electron chi connectivity index (χ1n) is 9.35. The summed E-state index contributed by atoms with van der Waals surface area (Å²) < 4.78 is 0. The van der Waals surface area contributed by atoms with Crippen molar-refractivity contribution in [1.82, 2.24) is 15.2 Å². The minimum atomic E-state index is -0.242. The normalized spacial score (nSPS) is 13.8. The van der Waals surface area contributed by atoms with Crippen molar-refractivity contribution in [1.29, 1.82) is 0 Å². The molecule has 6 nitrogen and oxygen atoms in total. The lowest BCUT2D eigenvalue weighted by molar-refractivity contribution is 0.0692. The summed E-state index contributed by atoms with van der Waals surface area (Å²) in [6, 6.07) is 8.86. The maximum atomic E-state index is 13.1. The number of piperidine rings is 1. The van der Waals surface area contributed by atoms with Gasteiger partial charge in [-0.3, -0.25) is 14.6 Å². The summed E-state index contributed by atoms with van der Waals surface area (Å²) in [7, 11) is 1.96. The predicted octanol–water partition coefficient (Wildman–Crippen LogP) is 3.56. The molecule has 0 spiro atoms. The van der Waals surface area contributed by atoms with Gasteiger partial charge in [0.2, 0.25) is 0 Å². The standard InChI is InChI=1S/C21H26N4O2.2ClH/c1-15-4-3-5-18(19(15)24-20(26)17-6-10-23-11-7-17)21(27)25-12-8-16(9-13-25)14-22-2;;/h3-7,10-11,16,22H,8-9,12-14H2,1-2H3,(H,24,26);2*1H. The number of hydrogen-bond acceptors (Lipinski definition) is 4. The van der Waals surface area contributed by atoms with Gasteiger partial charge in [0.05, 0.1) is 11.3 Å². The maximum absolute atomic E-state index is 13.1. The number of anilines is 1. The molecule has 0 unspecified atom stereocenters. The van der Waals surface area contributed by atoms with Gasteiger partial charge >= 0.3 is 0 Å². The number of para-hydroxylation sites is 1. The lowest BCUT2D eigenvalue weighted by Gasteiger charge is -2.32. The van der Waals surface area contributed by atoms with Crippen LogP contribution in [0.4, 0.5) is 5.69 Å². The molecule has 1 aliphatic rings. The smallest absolute Gasteiger partial charge is 0.255 e. The fourth-order valence-corrected chi connectivity index (χ4v) is 3.50. The Labute approximate surface area is 184 Å². The van der Waals surface area contributed by atoms with Gasteiger partial charge in [-0.05, 0) is 63.0 Å². The molecule has 2 aromatic rings. The van der Waals surface area contributed by atoms with Crippen molar-refractivity contribution in [2.45, 2.75) is 19.8 Å². The van der Waals surface area contributed by atoms with E-state index in [1.807, 2.05) is 31.0 Å². The van der Waals surface area contributed by atoms with Crippen LogP contribution in [-0.4, -0.2) is 48.4 Å². The van der Waals surface area contributed by atoms with Gasteiger partial charge < -0.3 is 15.5 Å². The number of hydrogen-bond donors (Lipinski definition) is 2. The maximum Gasteiger partial charge on any atom is 0.255 e. The van der Waals surface area contributed by atoms with Crippen LogP contribution in [0, 0.1) is 12.8 Å². The van der Waals surface area contributed by atoms with E-state index < -0.39 is 0 Å². The number of rotatable bonds is 5. The molecule has 1 aliphatic heterocycles. The van der Waals surface area contributed by atoms with Crippen LogP contribution in [0.25, 0.3) is 0 Å². The molecule has 1 fully saturated rings. The first-order chi connectivity index (χ1) is 13.1. The summed E-state index contributed by atoms with van der Waals surface area (Å²) in [4.78, 5) is 31.5. The zero-order chi connectivity index (χ0) is 19.2. The van der Waals surface area contributed by atoms with Crippen LogP contribution in [0.5, 0.6) is 0 Å². The highest BCUT2D eigenvalue weighted by atomic mass is 35.5. The Kier molecular flexibility index (Phi) is 10.1. The summed E-state index contributed by atoms with van der Waals surface area (Å²) in [5.74, 6) is 0.350. The van der Waals surface area contributed by atoms with Crippen molar-refractivity contribution in [3.8, 4) is 0 Å². The highest BCUT2D eigenvalue weighted by Gasteiger charge is 2.25. The summed E-state index contributed by atoms with van der Waals surface area (Å²) >= 11 is 0. The quantitative estimate of drug-likeness (QED) is 0.747. The average molecular weight is 439 g/mol. The lowest BCUT2D eigenvalue weighted by Crippen LogP contribution is -2.40. The van der Waals surface area contributed by atoms with Crippen molar-refractivity contribution in [2.24, 2.45) is 5.92 Å². The first-order valence-corrected chi connectivity index (χ1v) is 9.35. The molecule has 0 atom stereocenters. The van der Waals surface area contributed by atoms with Gasteiger partial charge in [-0.25, -0.2) is 0 Å². The van der Waals surface area contributed by atoms with Gasteiger partial charge in [0.25, 0.3) is 11.8 Å². The number of nitrogens with zero attached hydrogens (tertiary/aromatic N) is 2. The van der Waals surface area contributed by atoms with Crippen LogP contribution in [0.2, 0.25) is 0 Å². The molecule has 0 radical (unpaired) electrons. The number of aryl methyl sites for hydroxylation is 1. The fraction of sp³-hybridized carbons (Fsp3) is 0.381. The van der Waals surface area contributed by atoms with Gasteiger partial charge in [0, 0.05) is 31.0 Å². The Hall–Kier alpha value is -2.15. The molecule has 3 rings (SSSR count). The third-order valence-corrected chi connectivity index (χ3v) is 5.08. The number of pyridine rings is 1. The average Bonchev–Trinajstić information content (AvgIpc) is 2.70. The van der Waals surface area contributed by atoms with E-state index in [4.69, 9.17) is 0 Å². The van der Waals surface area contributed by atoms with Crippen LogP contribution >= 0.6 is 24.8 Å². The molecule has 1 aromatic carbocycles. The Morgan fingerprint density at radius 3 is 2.38 bits per heavy atom. The molecule has 2 N–H and O–H groups in total. The van der Waals surface area contributed by atoms with Crippen molar-refractivity contribution >= 4 is 42.3 Å². The number of likely N-dealkylation sites (tertiary alicyclic amines) is 1. The van der Waals surface area contributed by atoms with E-state index >= 15 is 0 Å². The number of benzene rings is 1. The Bertz CT molecular complexity index is 810. The predicted molar refractivity (Wildman–Crippen MR) is 120 cm³/mol. The highest BCUT2D eigenvalue weighted by Crippen LogP contribution is 2.25. The van der Waals surface area contributed by atoms with E-state index in [0.717, 1.165) is 38.0 Å². The summed E-state index contributed by atoms with van der Waals surface area (Å²) in [5.41, 5.74) is 2.51. The topological polar surface area (TPSA) is 74.3 Å². The Morgan fingerprint density at radius 1 is 1.10 bits per heavy atom. The van der Waals surface area contributed by atoms with E-state index in [9.17, 15) is 9.59 Å². The molecule has 0 saturated carbocycles. The van der Waals surface area contributed by atoms with Crippen LogP contribution in [-0.2, 0) is 0 Å². The van der Waals surface area contributed by atoms with Crippen molar-refractivity contribution in [2.75, 3.05) is 32.0 Å². The van der Waals surface area contributed by atoms with Gasteiger partial charge in [-0.1, -0.05) is 12.1 Å². The molecule has 0 aliphatic carbocycles. The number of nitrogens with one attached hydrogen (secondary N) is 2. The van der Waals surface area contributed by atoms with Gasteiger partial charge in [0.15, 0.2) is 0 Å². The Balaban J connectivity index is 0.00000210. The van der Waals surface area contributed by atoms with E-state index in [2.05, 4.69) is 15.6 Å². The second-order valence-corrected chi connectivity index (χ2v) is 6.98. The third-order valence-electron chi connectivity index (χ3n) is 5.08. The number of halogens is 2. The molecular formula is C21H28Cl2N4O2. The zero-order valence-corrected chi connectivity index (χ0v) is 18.3. The van der Waals surface area contributed by atoms with E-state index in [1.165, 1.54) is 0 Å². The van der Waals surface area contributed by atoms with Crippen LogP contribution in [0.3, 0.4) is 0 Å². The molecule has 8 heteroatoms. The van der Waals surface area contributed by atoms with E-state index in [1.54, 1.807) is 30.6 Å². The number of amides is 2. The molecule has 0 bridgehead atoms. The lowest BCUT2D eigenvalue weighted by atomic mass is 9.96. The molecule has 29 heavy (non-hydrogen) atoms. The van der Waals surface area contributed by atoms with Gasteiger partial charge in [-0.15, -0.1) is 24.8 Å². The fourth-order valence-electron chi connectivity index (χ4n) is 3.50. The van der Waals surface area contributed by atoms with Crippen LogP contribution in [0.15, 0.2) is 42.7 Å². The molecule has 2 heterocycles. The Morgan fingerprint density at radius 2 is 1.76 bits per heavy atom. The van der Waals surface area contributed by atoms with Crippen molar-refractivity contribution in [3.05, 3.63) is 59.4 Å². The number of carbonyl (C=O) groups is 2. The minimum Gasteiger partial charge on any atom is -0.339 e. The number of carbonyl (C=O) groups excluding carboxylic acids is 2. The SMILES string of the molecule is CNCC1CCN(C(=O)c2cccc(C)c2NC(=O)c2ccncc2)CC1.Cl.Cl. The summed E-state index contributed by atoms with van der Waals surface area (Å²) in [6.07, 6.45) is 5.15. The van der Waals surface area contributed by atoms with Crippen LogP contribution in [0.1, 0.15) is 39.1 Å². The van der Waals surface area contributed by atoms with E-state index in [-0.39, 0.29) is 36.6 Å². The molecule has 1 aromatic heterocycles. The summed E-state index contributed by atoms with van der Waals surface area (Å²) in [6.45, 7) is 4.38. The first kappa shape index (κ1) is 24.9. The summed E-state index contributed by atoms with van der Waals surface area (Å²) in [5, 5.41) is 6.13. The molecule has 1 saturated heterocycles. The second kappa shape index (κ2) is 11.8. The molecule has 158 valence electrons. The molecular weight excluding hydrogens is 411 g/mol. The zero-order valence-electron chi connectivity index (χ0n) is 16.7. The van der Waals surface area contributed by atoms with Gasteiger partial charge in [-0.2, -0.15) is 0 Å². The van der Waals surface area contributed by atoms with Crippen LogP contribution < -0.4 is 10.6 Å². The second-order valence-electron chi connectivity index (χ2n) is 6.98. The number of aromatic nitrogens is 1. The van der Waals surface area contributed by atoms with E-state index in [0.29, 0.717) is 22.7 Å². The highest BCUT2D eigenvalue weighted by molar-refractivity contribution is 6.09. The molecule has 2 amide bonds. The van der Waals surface area contributed by atoms with Gasteiger partial charge in [0.1, 0.15) is 0 Å². The minimum absolute atomic E-state index is 0. The largest absolute Gasteiger partial charge is 0.339 e.